The van der Waals surface area contributed by atoms with Crippen molar-refractivity contribution < 1.29 is 14.3 Å². The first-order valence-electron chi connectivity index (χ1n) is 4.65. The van der Waals surface area contributed by atoms with Gasteiger partial charge in [0.1, 0.15) is 12.0 Å². The van der Waals surface area contributed by atoms with Crippen LogP contribution in [0.4, 0.5) is 0 Å². The molecule has 3 nitrogen and oxygen atoms in total. The van der Waals surface area contributed by atoms with Crippen molar-refractivity contribution in [1.29, 1.82) is 0 Å². The molecular formula is C12H12O3. The minimum absolute atomic E-state index is 0.491. The molecule has 0 heterocycles. The van der Waals surface area contributed by atoms with Crippen LogP contribution in [0.3, 0.4) is 0 Å². The maximum atomic E-state index is 10.8. The fraction of sp³-hybridized carbons (Fsp3) is 0.167. The van der Waals surface area contributed by atoms with E-state index in [1.54, 1.807) is 24.3 Å². The van der Waals surface area contributed by atoms with E-state index in [0.717, 1.165) is 11.8 Å². The number of hydrogen-bond acceptors (Lipinski definition) is 3. The van der Waals surface area contributed by atoms with E-state index in [9.17, 15) is 9.59 Å². The minimum Gasteiger partial charge on any atom is -0.493 e. The molecule has 0 aliphatic rings. The summed E-state index contributed by atoms with van der Waals surface area (Å²) in [5, 5.41) is 0. The van der Waals surface area contributed by atoms with Gasteiger partial charge in [0, 0.05) is 0 Å². The second kappa shape index (κ2) is 5.75. The standard InChI is InChI=1S/C12H12O3/c1-2-15-12-6-5-10(4-3-7-13)8-11(12)9-14/h3-9H,2H2,1H3. The summed E-state index contributed by atoms with van der Waals surface area (Å²) in [6, 6.07) is 5.19. The summed E-state index contributed by atoms with van der Waals surface area (Å²) in [5.74, 6) is 0.566. The molecule has 0 amide bonds. The monoisotopic (exact) mass is 204 g/mol. The Balaban J connectivity index is 3.01. The Hall–Kier alpha value is -1.90. The molecule has 0 N–H and O–H groups in total. The zero-order valence-electron chi connectivity index (χ0n) is 8.47. The number of carbonyl (C=O) groups is 2. The van der Waals surface area contributed by atoms with Crippen molar-refractivity contribution in [1.82, 2.24) is 0 Å². The lowest BCUT2D eigenvalue weighted by atomic mass is 10.1. The van der Waals surface area contributed by atoms with Crippen LogP contribution in [0, 0.1) is 0 Å². The van der Waals surface area contributed by atoms with Crippen LogP contribution in [0.5, 0.6) is 5.75 Å². The molecule has 1 rings (SSSR count). The molecule has 78 valence electrons. The van der Waals surface area contributed by atoms with E-state index in [1.165, 1.54) is 6.08 Å². The molecule has 0 saturated heterocycles. The first kappa shape index (κ1) is 11.2. The summed E-state index contributed by atoms with van der Waals surface area (Å²) in [6.45, 7) is 2.37. The van der Waals surface area contributed by atoms with E-state index in [2.05, 4.69) is 0 Å². The molecular weight excluding hydrogens is 192 g/mol. The maximum Gasteiger partial charge on any atom is 0.153 e. The van der Waals surface area contributed by atoms with Gasteiger partial charge in [0.05, 0.1) is 12.2 Å². The first-order chi connectivity index (χ1) is 7.31. The van der Waals surface area contributed by atoms with E-state index < -0.39 is 0 Å². The van der Waals surface area contributed by atoms with Crippen molar-refractivity contribution in [3.8, 4) is 5.75 Å². The van der Waals surface area contributed by atoms with Crippen LogP contribution in [0.15, 0.2) is 24.3 Å². The third kappa shape index (κ3) is 3.06. The molecule has 0 saturated carbocycles. The van der Waals surface area contributed by atoms with Crippen LogP contribution in [0.1, 0.15) is 22.8 Å². The summed E-state index contributed by atoms with van der Waals surface area (Å²) < 4.78 is 5.26. The number of rotatable bonds is 5. The van der Waals surface area contributed by atoms with Crippen LogP contribution in [0.25, 0.3) is 6.08 Å². The van der Waals surface area contributed by atoms with Crippen molar-refractivity contribution >= 4 is 18.6 Å². The SMILES string of the molecule is CCOc1ccc(C=CC=O)cc1C=O. The normalized spacial score (nSPS) is 10.2. The van der Waals surface area contributed by atoms with Crippen LogP contribution in [0.2, 0.25) is 0 Å². The van der Waals surface area contributed by atoms with Gasteiger partial charge in [-0.1, -0.05) is 12.1 Å². The van der Waals surface area contributed by atoms with E-state index in [-0.39, 0.29) is 0 Å². The van der Waals surface area contributed by atoms with Gasteiger partial charge in [0.2, 0.25) is 0 Å². The Morgan fingerprint density at radius 1 is 1.33 bits per heavy atom. The number of aldehydes is 2. The minimum atomic E-state index is 0.491. The lowest BCUT2D eigenvalue weighted by Crippen LogP contribution is -1.96. The highest BCUT2D eigenvalue weighted by Gasteiger charge is 2.02. The molecule has 0 aliphatic heterocycles. The molecule has 0 aromatic heterocycles. The molecule has 0 spiro atoms. The summed E-state index contributed by atoms with van der Waals surface area (Å²) in [5.41, 5.74) is 1.29. The predicted octanol–water partition coefficient (Wildman–Crippen LogP) is 2.11. The average molecular weight is 204 g/mol. The smallest absolute Gasteiger partial charge is 0.153 e. The number of hydrogen-bond donors (Lipinski definition) is 0. The third-order valence-electron chi connectivity index (χ3n) is 1.83. The highest BCUT2D eigenvalue weighted by Crippen LogP contribution is 2.19. The average Bonchev–Trinajstić information content (AvgIpc) is 2.28. The first-order valence-corrected chi connectivity index (χ1v) is 4.65. The largest absolute Gasteiger partial charge is 0.493 e. The molecule has 0 aliphatic carbocycles. The van der Waals surface area contributed by atoms with Crippen LogP contribution in [-0.4, -0.2) is 19.2 Å². The molecule has 0 fully saturated rings. The molecule has 0 unspecified atom stereocenters. The number of ether oxygens (including phenoxy) is 1. The van der Waals surface area contributed by atoms with Gasteiger partial charge in [0.15, 0.2) is 6.29 Å². The Kier molecular flexibility index (Phi) is 4.29. The number of carbonyl (C=O) groups excluding carboxylic acids is 2. The van der Waals surface area contributed by atoms with Gasteiger partial charge >= 0.3 is 0 Å². The van der Waals surface area contributed by atoms with Gasteiger partial charge < -0.3 is 4.74 Å². The summed E-state index contributed by atoms with van der Waals surface area (Å²) in [6.07, 6.45) is 4.44. The fourth-order valence-electron chi connectivity index (χ4n) is 1.20. The van der Waals surface area contributed by atoms with E-state index in [4.69, 9.17) is 4.74 Å². The summed E-state index contributed by atoms with van der Waals surface area (Å²) in [4.78, 5) is 20.9. The van der Waals surface area contributed by atoms with Crippen LogP contribution >= 0.6 is 0 Å². The van der Waals surface area contributed by atoms with Crippen LogP contribution in [-0.2, 0) is 4.79 Å². The second-order valence-corrected chi connectivity index (χ2v) is 2.84. The van der Waals surface area contributed by atoms with Gasteiger partial charge in [0.25, 0.3) is 0 Å². The van der Waals surface area contributed by atoms with Crippen LogP contribution < -0.4 is 4.74 Å². The Bertz CT molecular complexity index is 380. The maximum absolute atomic E-state index is 10.8. The molecule has 0 atom stereocenters. The van der Waals surface area contributed by atoms with Crippen molar-refractivity contribution in [2.24, 2.45) is 0 Å². The van der Waals surface area contributed by atoms with E-state index >= 15 is 0 Å². The molecule has 0 bridgehead atoms. The second-order valence-electron chi connectivity index (χ2n) is 2.84. The third-order valence-corrected chi connectivity index (χ3v) is 1.83. The van der Waals surface area contributed by atoms with Gasteiger partial charge in [-0.15, -0.1) is 0 Å². The molecule has 15 heavy (non-hydrogen) atoms. The Morgan fingerprint density at radius 3 is 2.73 bits per heavy atom. The highest BCUT2D eigenvalue weighted by atomic mass is 16.5. The number of allylic oxidation sites excluding steroid dienone is 1. The fourth-order valence-corrected chi connectivity index (χ4v) is 1.20. The van der Waals surface area contributed by atoms with Gasteiger partial charge in [-0.25, -0.2) is 0 Å². The summed E-state index contributed by atoms with van der Waals surface area (Å²) >= 11 is 0. The number of benzene rings is 1. The van der Waals surface area contributed by atoms with Crippen molar-refractivity contribution in [2.75, 3.05) is 6.61 Å². The summed E-state index contributed by atoms with van der Waals surface area (Å²) in [7, 11) is 0. The molecule has 1 aromatic carbocycles. The van der Waals surface area contributed by atoms with Gasteiger partial charge in [-0.05, 0) is 30.7 Å². The molecule has 1 aromatic rings. The highest BCUT2D eigenvalue weighted by molar-refractivity contribution is 5.82. The topological polar surface area (TPSA) is 43.4 Å². The zero-order chi connectivity index (χ0) is 11.1. The lowest BCUT2D eigenvalue weighted by Gasteiger charge is -2.06. The van der Waals surface area contributed by atoms with E-state index in [1.807, 2.05) is 6.92 Å². The Labute approximate surface area is 88.4 Å². The van der Waals surface area contributed by atoms with Gasteiger partial charge in [-0.3, -0.25) is 9.59 Å². The molecule has 0 radical (unpaired) electrons. The quantitative estimate of drug-likeness (QED) is 0.545. The lowest BCUT2D eigenvalue weighted by molar-refractivity contribution is -0.104. The van der Waals surface area contributed by atoms with Gasteiger partial charge in [-0.2, -0.15) is 0 Å². The Morgan fingerprint density at radius 2 is 2.13 bits per heavy atom. The predicted molar refractivity (Wildman–Crippen MR) is 58.1 cm³/mol. The van der Waals surface area contributed by atoms with Crippen molar-refractivity contribution in [2.45, 2.75) is 6.92 Å². The van der Waals surface area contributed by atoms with Crippen molar-refractivity contribution in [3.05, 3.63) is 35.4 Å². The van der Waals surface area contributed by atoms with E-state index in [0.29, 0.717) is 24.2 Å². The van der Waals surface area contributed by atoms with Crippen molar-refractivity contribution in [3.63, 3.8) is 0 Å². The molecule has 3 heteroatoms. The zero-order valence-corrected chi connectivity index (χ0v) is 8.47.